The van der Waals surface area contributed by atoms with Gasteiger partial charge in [-0.1, -0.05) is 12.1 Å². The van der Waals surface area contributed by atoms with Gasteiger partial charge in [-0.2, -0.15) is 8.42 Å². The lowest BCUT2D eigenvalue weighted by molar-refractivity contribution is -0.116. The standard InChI is InChI=1S/C23H29N3O4S/c1-18-7-5-8-20(17-18)30-16-4-3-10-23(27)24-19-11-13-21(14-12-19)31(28,29)25-22-9-6-15-26(22)2/h5,7-8,11-14,17H,3-4,6,9-10,15-16H2,1-2H3,(H,24,27). The number of carbonyl (C=O) groups excluding carboxylic acids is 1. The number of nitrogens with one attached hydrogen (secondary N) is 1. The first-order valence-electron chi connectivity index (χ1n) is 10.5. The minimum absolute atomic E-state index is 0.112. The predicted molar refractivity (Wildman–Crippen MR) is 122 cm³/mol. The highest BCUT2D eigenvalue weighted by Gasteiger charge is 2.20. The Morgan fingerprint density at radius 3 is 2.61 bits per heavy atom. The maximum absolute atomic E-state index is 12.5. The van der Waals surface area contributed by atoms with Gasteiger partial charge in [-0.3, -0.25) is 4.79 Å². The highest BCUT2D eigenvalue weighted by molar-refractivity contribution is 7.90. The van der Waals surface area contributed by atoms with Gasteiger partial charge in [-0.15, -0.1) is 4.40 Å². The fraction of sp³-hybridized carbons (Fsp3) is 0.391. The van der Waals surface area contributed by atoms with Gasteiger partial charge in [0.1, 0.15) is 11.6 Å². The Kier molecular flexibility index (Phi) is 7.68. The highest BCUT2D eigenvalue weighted by Crippen LogP contribution is 2.19. The lowest BCUT2D eigenvalue weighted by Crippen LogP contribution is -2.20. The Bertz CT molecular complexity index is 1030. The molecule has 2 aromatic carbocycles. The molecule has 0 aliphatic carbocycles. The molecule has 0 spiro atoms. The number of aryl methyl sites for hydroxylation is 1. The third-order valence-electron chi connectivity index (χ3n) is 5.05. The van der Waals surface area contributed by atoms with E-state index in [1.54, 1.807) is 12.1 Å². The van der Waals surface area contributed by atoms with Gasteiger partial charge in [0.15, 0.2) is 0 Å². The summed E-state index contributed by atoms with van der Waals surface area (Å²) >= 11 is 0. The minimum Gasteiger partial charge on any atom is -0.494 e. The number of carbonyl (C=O) groups is 1. The average molecular weight is 444 g/mol. The summed E-state index contributed by atoms with van der Waals surface area (Å²) in [5, 5.41) is 2.80. The summed E-state index contributed by atoms with van der Waals surface area (Å²) in [4.78, 5) is 14.1. The van der Waals surface area contributed by atoms with Crippen molar-refractivity contribution in [1.82, 2.24) is 4.90 Å². The summed E-state index contributed by atoms with van der Waals surface area (Å²) < 4.78 is 34.6. The lowest BCUT2D eigenvalue weighted by atomic mass is 10.2. The van der Waals surface area contributed by atoms with Crippen molar-refractivity contribution in [3.63, 3.8) is 0 Å². The predicted octanol–water partition coefficient (Wildman–Crippen LogP) is 4.00. The Balaban J connectivity index is 1.43. The Labute approximate surface area is 184 Å². The molecule has 7 nitrogen and oxygen atoms in total. The maximum Gasteiger partial charge on any atom is 0.283 e. The smallest absolute Gasteiger partial charge is 0.283 e. The summed E-state index contributed by atoms with van der Waals surface area (Å²) in [5.74, 6) is 1.31. The SMILES string of the molecule is Cc1cccc(OCCCCC(=O)Nc2ccc(S(=O)(=O)N=C3CCCN3C)cc2)c1. The van der Waals surface area contributed by atoms with E-state index in [1.807, 2.05) is 43.1 Å². The molecule has 1 N–H and O–H groups in total. The molecule has 1 heterocycles. The fourth-order valence-electron chi connectivity index (χ4n) is 3.32. The van der Waals surface area contributed by atoms with Gasteiger partial charge in [0, 0.05) is 32.1 Å². The Morgan fingerprint density at radius 2 is 1.94 bits per heavy atom. The van der Waals surface area contributed by atoms with Crippen molar-refractivity contribution in [2.45, 2.75) is 43.9 Å². The summed E-state index contributed by atoms with van der Waals surface area (Å²) in [5.41, 5.74) is 1.71. The van der Waals surface area contributed by atoms with Gasteiger partial charge in [-0.25, -0.2) is 0 Å². The zero-order valence-corrected chi connectivity index (χ0v) is 18.8. The van der Waals surface area contributed by atoms with E-state index in [2.05, 4.69) is 9.71 Å². The number of amidine groups is 1. The summed E-state index contributed by atoms with van der Waals surface area (Å²) in [6.07, 6.45) is 3.42. The number of nitrogens with zero attached hydrogens (tertiary/aromatic N) is 2. The molecule has 2 aromatic rings. The van der Waals surface area contributed by atoms with Crippen molar-refractivity contribution < 1.29 is 17.9 Å². The van der Waals surface area contributed by atoms with E-state index in [0.717, 1.165) is 30.7 Å². The van der Waals surface area contributed by atoms with Crippen LogP contribution in [0.1, 0.15) is 37.7 Å². The van der Waals surface area contributed by atoms with Gasteiger partial charge in [0.2, 0.25) is 5.91 Å². The molecule has 1 aliphatic rings. The van der Waals surface area contributed by atoms with Crippen LogP contribution in [0.25, 0.3) is 0 Å². The van der Waals surface area contributed by atoms with E-state index in [-0.39, 0.29) is 10.8 Å². The molecule has 0 aromatic heterocycles. The number of sulfonamides is 1. The second kappa shape index (κ2) is 10.4. The van der Waals surface area contributed by atoms with Crippen molar-refractivity contribution >= 4 is 27.5 Å². The number of hydrogen-bond donors (Lipinski definition) is 1. The first-order valence-corrected chi connectivity index (χ1v) is 11.9. The number of unbranched alkanes of at least 4 members (excludes halogenated alkanes) is 1. The lowest BCUT2D eigenvalue weighted by Gasteiger charge is -2.11. The van der Waals surface area contributed by atoms with E-state index in [9.17, 15) is 13.2 Å². The number of hydrogen-bond acceptors (Lipinski definition) is 4. The van der Waals surface area contributed by atoms with Gasteiger partial charge < -0.3 is 15.0 Å². The van der Waals surface area contributed by atoms with Crippen LogP contribution in [0.3, 0.4) is 0 Å². The summed E-state index contributed by atoms with van der Waals surface area (Å²) in [7, 11) is -1.91. The molecule has 1 aliphatic heterocycles. The second-order valence-electron chi connectivity index (χ2n) is 7.70. The number of benzene rings is 2. The minimum atomic E-state index is -3.75. The zero-order valence-electron chi connectivity index (χ0n) is 18.0. The van der Waals surface area contributed by atoms with E-state index in [0.29, 0.717) is 37.4 Å². The van der Waals surface area contributed by atoms with E-state index in [1.165, 1.54) is 12.1 Å². The molecule has 166 valence electrons. The third-order valence-corrected chi connectivity index (χ3v) is 6.37. The Morgan fingerprint density at radius 1 is 1.16 bits per heavy atom. The highest BCUT2D eigenvalue weighted by atomic mass is 32.2. The molecule has 1 amide bonds. The number of rotatable bonds is 9. The molecule has 0 atom stereocenters. The van der Waals surface area contributed by atoms with Crippen LogP contribution >= 0.6 is 0 Å². The summed E-state index contributed by atoms with van der Waals surface area (Å²) in [6, 6.07) is 14.0. The number of likely N-dealkylation sites (tertiary alicyclic amines) is 1. The normalized spacial score (nSPS) is 15.3. The number of ether oxygens (including phenoxy) is 1. The first-order chi connectivity index (χ1) is 14.8. The van der Waals surface area contributed by atoms with E-state index in [4.69, 9.17) is 4.74 Å². The molecule has 31 heavy (non-hydrogen) atoms. The van der Waals surface area contributed by atoms with Crippen LogP contribution in [0.4, 0.5) is 5.69 Å². The van der Waals surface area contributed by atoms with Crippen LogP contribution < -0.4 is 10.1 Å². The first kappa shape index (κ1) is 22.8. The number of amides is 1. The van der Waals surface area contributed by atoms with Crippen molar-refractivity contribution in [3.05, 3.63) is 54.1 Å². The third kappa shape index (κ3) is 6.82. The van der Waals surface area contributed by atoms with Crippen molar-refractivity contribution in [1.29, 1.82) is 0 Å². The van der Waals surface area contributed by atoms with Gasteiger partial charge in [0.05, 0.1) is 11.5 Å². The van der Waals surface area contributed by atoms with E-state index >= 15 is 0 Å². The van der Waals surface area contributed by atoms with Crippen LogP contribution in [-0.4, -0.2) is 45.3 Å². The molecule has 1 saturated heterocycles. The average Bonchev–Trinajstić information content (AvgIpc) is 3.12. The van der Waals surface area contributed by atoms with Crippen LogP contribution in [0.2, 0.25) is 0 Å². The molecular formula is C23H29N3O4S. The molecule has 3 rings (SSSR count). The molecule has 0 saturated carbocycles. The van der Waals surface area contributed by atoms with Crippen molar-refractivity contribution in [3.8, 4) is 5.75 Å². The number of anilines is 1. The van der Waals surface area contributed by atoms with Gasteiger partial charge >= 0.3 is 0 Å². The van der Waals surface area contributed by atoms with Crippen LogP contribution in [0.15, 0.2) is 57.8 Å². The van der Waals surface area contributed by atoms with Crippen molar-refractivity contribution in [2.24, 2.45) is 4.40 Å². The van der Waals surface area contributed by atoms with E-state index < -0.39 is 10.0 Å². The molecule has 8 heteroatoms. The fourth-order valence-corrected chi connectivity index (χ4v) is 4.41. The monoisotopic (exact) mass is 443 g/mol. The molecule has 0 bridgehead atoms. The maximum atomic E-state index is 12.5. The van der Waals surface area contributed by atoms with Crippen LogP contribution in [0, 0.1) is 6.92 Å². The second-order valence-corrected chi connectivity index (χ2v) is 9.31. The van der Waals surface area contributed by atoms with Crippen molar-refractivity contribution in [2.75, 3.05) is 25.5 Å². The van der Waals surface area contributed by atoms with Crippen LogP contribution in [0.5, 0.6) is 5.75 Å². The Hall–Kier alpha value is -2.87. The molecule has 1 fully saturated rings. The van der Waals surface area contributed by atoms with Gasteiger partial charge in [-0.05, 0) is 68.1 Å². The van der Waals surface area contributed by atoms with Crippen LogP contribution in [-0.2, 0) is 14.8 Å². The molecular weight excluding hydrogens is 414 g/mol. The summed E-state index contributed by atoms with van der Waals surface area (Å²) in [6.45, 7) is 3.39. The zero-order chi connectivity index (χ0) is 22.3. The largest absolute Gasteiger partial charge is 0.494 e. The molecule has 0 unspecified atom stereocenters. The topological polar surface area (TPSA) is 88.1 Å². The quantitative estimate of drug-likeness (QED) is 0.592. The molecule has 0 radical (unpaired) electrons. The van der Waals surface area contributed by atoms with Gasteiger partial charge in [0.25, 0.3) is 10.0 Å².